The highest BCUT2D eigenvalue weighted by Crippen LogP contribution is 2.16. The van der Waals surface area contributed by atoms with Crippen LogP contribution < -0.4 is 20.1 Å². The fourth-order valence-electron chi connectivity index (χ4n) is 2.38. The lowest BCUT2D eigenvalue weighted by Gasteiger charge is -2.18. The van der Waals surface area contributed by atoms with Crippen molar-refractivity contribution >= 4 is 29.9 Å². The van der Waals surface area contributed by atoms with Crippen LogP contribution in [0.5, 0.6) is 11.5 Å². The van der Waals surface area contributed by atoms with Gasteiger partial charge in [-0.1, -0.05) is 24.3 Å². The zero-order valence-electron chi connectivity index (χ0n) is 15.9. The van der Waals surface area contributed by atoms with Gasteiger partial charge in [0.15, 0.2) is 17.5 Å². The van der Waals surface area contributed by atoms with Gasteiger partial charge in [-0.3, -0.25) is 4.99 Å². The second-order valence-electron chi connectivity index (χ2n) is 5.84. The average molecular weight is 487 g/mol. The van der Waals surface area contributed by atoms with Crippen LogP contribution in [-0.4, -0.2) is 39.3 Å². The molecule has 2 N–H and O–H groups in total. The number of ether oxygens (including phenoxy) is 2. The molecule has 0 heterocycles. The highest BCUT2D eigenvalue weighted by Gasteiger charge is 2.08. The Morgan fingerprint density at radius 3 is 2.44 bits per heavy atom. The number of benzene rings is 2. The molecular formula is C20H27FIN3O2. The summed E-state index contributed by atoms with van der Waals surface area (Å²) in [6.07, 6.45) is 0.665. The third-order valence-electron chi connectivity index (χ3n) is 3.81. The van der Waals surface area contributed by atoms with Gasteiger partial charge in [0.25, 0.3) is 0 Å². The van der Waals surface area contributed by atoms with Gasteiger partial charge >= 0.3 is 0 Å². The Labute approximate surface area is 177 Å². The van der Waals surface area contributed by atoms with Gasteiger partial charge in [-0.15, -0.1) is 24.0 Å². The molecular weight excluding hydrogens is 460 g/mol. The first-order valence-electron chi connectivity index (χ1n) is 8.61. The van der Waals surface area contributed by atoms with Crippen LogP contribution in [0.25, 0.3) is 0 Å². The van der Waals surface area contributed by atoms with Crippen molar-refractivity contribution in [1.29, 1.82) is 0 Å². The Morgan fingerprint density at radius 1 is 1.11 bits per heavy atom. The Balaban J connectivity index is 0.00000364. The minimum atomic E-state index is -0.360. The summed E-state index contributed by atoms with van der Waals surface area (Å²) in [6, 6.07) is 14.4. The first-order valence-corrected chi connectivity index (χ1v) is 8.61. The zero-order valence-corrected chi connectivity index (χ0v) is 18.2. The van der Waals surface area contributed by atoms with Crippen molar-refractivity contribution in [3.63, 3.8) is 0 Å². The molecule has 0 amide bonds. The lowest BCUT2D eigenvalue weighted by Crippen LogP contribution is -2.42. The van der Waals surface area contributed by atoms with Crippen LogP contribution in [0.1, 0.15) is 12.5 Å². The molecule has 7 heteroatoms. The van der Waals surface area contributed by atoms with Crippen molar-refractivity contribution in [3.8, 4) is 11.5 Å². The first kappa shape index (κ1) is 23.0. The number of nitrogens with zero attached hydrogens (tertiary/aromatic N) is 1. The molecule has 0 aliphatic carbocycles. The number of para-hydroxylation sites is 1. The summed E-state index contributed by atoms with van der Waals surface area (Å²) in [5.41, 5.74) is 1.21. The van der Waals surface area contributed by atoms with E-state index in [1.807, 2.05) is 31.2 Å². The topological polar surface area (TPSA) is 54.9 Å². The van der Waals surface area contributed by atoms with Gasteiger partial charge in [-0.05, 0) is 43.2 Å². The van der Waals surface area contributed by atoms with Gasteiger partial charge in [-0.2, -0.15) is 0 Å². The molecule has 0 saturated heterocycles. The van der Waals surface area contributed by atoms with Gasteiger partial charge in [0, 0.05) is 13.6 Å². The summed E-state index contributed by atoms with van der Waals surface area (Å²) in [5.74, 6) is 1.43. The predicted octanol–water partition coefficient (Wildman–Crippen LogP) is 3.63. The van der Waals surface area contributed by atoms with Crippen LogP contribution in [0.2, 0.25) is 0 Å². The number of aliphatic imine (C=N–C) groups is 1. The molecule has 1 unspecified atom stereocenters. The van der Waals surface area contributed by atoms with Crippen molar-refractivity contribution in [1.82, 2.24) is 10.6 Å². The predicted molar refractivity (Wildman–Crippen MR) is 118 cm³/mol. The van der Waals surface area contributed by atoms with E-state index in [0.29, 0.717) is 12.5 Å². The summed E-state index contributed by atoms with van der Waals surface area (Å²) in [6.45, 7) is 3.13. The summed E-state index contributed by atoms with van der Waals surface area (Å²) >= 11 is 0. The molecule has 0 spiro atoms. The Hall–Kier alpha value is -2.03. The molecule has 148 valence electrons. The van der Waals surface area contributed by atoms with Crippen molar-refractivity contribution in [2.24, 2.45) is 4.99 Å². The van der Waals surface area contributed by atoms with Gasteiger partial charge < -0.3 is 20.1 Å². The molecule has 27 heavy (non-hydrogen) atoms. The van der Waals surface area contributed by atoms with Gasteiger partial charge in [0.2, 0.25) is 0 Å². The second kappa shape index (κ2) is 12.4. The standard InChI is InChI=1S/C20H26FN3O2.HI/c1-15(26-19-7-5-4-6-18(19)21)14-24-20(22-2)23-13-12-16-8-10-17(25-3)11-9-16;/h4-11,15H,12-14H2,1-3H3,(H2,22,23,24);1H. The molecule has 0 aliphatic rings. The maximum atomic E-state index is 13.6. The van der Waals surface area contributed by atoms with Crippen LogP contribution in [0.4, 0.5) is 4.39 Å². The van der Waals surface area contributed by atoms with Crippen LogP contribution in [-0.2, 0) is 6.42 Å². The lowest BCUT2D eigenvalue weighted by atomic mass is 10.1. The monoisotopic (exact) mass is 487 g/mol. The number of halogens is 2. The molecule has 0 aromatic heterocycles. The molecule has 0 radical (unpaired) electrons. The third-order valence-corrected chi connectivity index (χ3v) is 3.81. The van der Waals surface area contributed by atoms with E-state index in [1.54, 1.807) is 32.4 Å². The van der Waals surface area contributed by atoms with Crippen molar-refractivity contribution < 1.29 is 13.9 Å². The normalized spacial score (nSPS) is 11.9. The molecule has 2 aromatic carbocycles. The fourth-order valence-corrected chi connectivity index (χ4v) is 2.38. The number of guanidine groups is 1. The number of nitrogens with one attached hydrogen (secondary N) is 2. The molecule has 0 fully saturated rings. The third kappa shape index (κ3) is 8.03. The zero-order chi connectivity index (χ0) is 18.8. The summed E-state index contributed by atoms with van der Waals surface area (Å²) in [7, 11) is 3.37. The number of methoxy groups -OCH3 is 1. The minimum absolute atomic E-state index is 0. The van der Waals surface area contributed by atoms with E-state index in [-0.39, 0.29) is 41.6 Å². The molecule has 0 bridgehead atoms. The Kier molecular flexibility index (Phi) is 10.5. The highest BCUT2D eigenvalue weighted by molar-refractivity contribution is 14.0. The number of hydrogen-bond donors (Lipinski definition) is 2. The van der Waals surface area contributed by atoms with E-state index in [9.17, 15) is 4.39 Å². The SMILES string of the molecule is CN=C(NCCc1ccc(OC)cc1)NCC(C)Oc1ccccc1F.I. The van der Waals surface area contributed by atoms with E-state index in [0.717, 1.165) is 18.7 Å². The quantitative estimate of drug-likeness (QED) is 0.340. The first-order chi connectivity index (χ1) is 12.6. The smallest absolute Gasteiger partial charge is 0.191 e. The summed E-state index contributed by atoms with van der Waals surface area (Å²) < 4.78 is 24.4. The molecule has 2 rings (SSSR count). The molecule has 1 atom stereocenters. The minimum Gasteiger partial charge on any atom is -0.497 e. The second-order valence-corrected chi connectivity index (χ2v) is 5.84. The molecule has 0 saturated carbocycles. The number of rotatable bonds is 8. The van der Waals surface area contributed by atoms with Crippen LogP contribution >= 0.6 is 24.0 Å². The fraction of sp³-hybridized carbons (Fsp3) is 0.350. The van der Waals surface area contributed by atoms with Crippen molar-refractivity contribution in [3.05, 3.63) is 59.9 Å². The van der Waals surface area contributed by atoms with Crippen molar-refractivity contribution in [2.45, 2.75) is 19.4 Å². The Morgan fingerprint density at radius 2 is 1.81 bits per heavy atom. The maximum Gasteiger partial charge on any atom is 0.191 e. The van der Waals surface area contributed by atoms with Crippen molar-refractivity contribution in [2.75, 3.05) is 27.2 Å². The van der Waals surface area contributed by atoms with Crippen LogP contribution in [0.15, 0.2) is 53.5 Å². The summed E-state index contributed by atoms with van der Waals surface area (Å²) in [4.78, 5) is 4.19. The highest BCUT2D eigenvalue weighted by atomic mass is 127. The van der Waals surface area contributed by atoms with Gasteiger partial charge in [0.1, 0.15) is 11.9 Å². The van der Waals surface area contributed by atoms with Crippen LogP contribution in [0.3, 0.4) is 0 Å². The van der Waals surface area contributed by atoms with E-state index >= 15 is 0 Å². The molecule has 5 nitrogen and oxygen atoms in total. The largest absolute Gasteiger partial charge is 0.497 e. The van der Waals surface area contributed by atoms with E-state index in [4.69, 9.17) is 9.47 Å². The maximum absolute atomic E-state index is 13.6. The van der Waals surface area contributed by atoms with E-state index in [1.165, 1.54) is 11.6 Å². The lowest BCUT2D eigenvalue weighted by molar-refractivity contribution is 0.214. The Bertz CT molecular complexity index is 711. The average Bonchev–Trinajstić information content (AvgIpc) is 2.67. The van der Waals surface area contributed by atoms with Crippen LogP contribution in [0, 0.1) is 5.82 Å². The van der Waals surface area contributed by atoms with E-state index in [2.05, 4.69) is 15.6 Å². The molecule has 0 aliphatic heterocycles. The molecule has 2 aromatic rings. The van der Waals surface area contributed by atoms with Gasteiger partial charge in [-0.25, -0.2) is 4.39 Å². The summed E-state index contributed by atoms with van der Waals surface area (Å²) in [5, 5.41) is 6.44. The number of hydrogen-bond acceptors (Lipinski definition) is 3. The van der Waals surface area contributed by atoms with E-state index < -0.39 is 0 Å². The van der Waals surface area contributed by atoms with Gasteiger partial charge in [0.05, 0.1) is 13.7 Å².